The molecule has 6 nitrogen and oxygen atoms in total. The Morgan fingerprint density at radius 1 is 1.53 bits per heavy atom. The van der Waals surface area contributed by atoms with Crippen LogP contribution in [0.3, 0.4) is 0 Å². The third-order valence-electron chi connectivity index (χ3n) is 3.03. The number of aromatic nitrogens is 4. The molecule has 1 saturated heterocycles. The summed E-state index contributed by atoms with van der Waals surface area (Å²) in [5.41, 5.74) is 0. The molecule has 0 aromatic carbocycles. The Labute approximate surface area is 102 Å². The average molecular weight is 239 g/mol. The highest BCUT2D eigenvalue weighted by atomic mass is 16.5. The van der Waals surface area contributed by atoms with Crippen molar-refractivity contribution in [3.05, 3.63) is 5.82 Å². The molecule has 1 N–H and O–H groups in total. The molecular weight excluding hydrogens is 218 g/mol. The van der Waals surface area contributed by atoms with Crippen molar-refractivity contribution < 1.29 is 4.74 Å². The fourth-order valence-electron chi connectivity index (χ4n) is 2.10. The summed E-state index contributed by atoms with van der Waals surface area (Å²) < 4.78 is 7.50. The Bertz CT molecular complexity index is 351. The van der Waals surface area contributed by atoms with E-state index in [1.54, 1.807) is 0 Å². The molecule has 2 heterocycles. The molecule has 0 saturated carbocycles. The summed E-state index contributed by atoms with van der Waals surface area (Å²) in [6.45, 7) is 7.84. The molecule has 0 radical (unpaired) electrons. The maximum Gasteiger partial charge on any atom is 0.165 e. The first-order chi connectivity index (χ1) is 8.16. The maximum absolute atomic E-state index is 5.55. The lowest BCUT2D eigenvalue weighted by atomic mass is 10.0. The van der Waals surface area contributed by atoms with E-state index in [-0.39, 0.29) is 0 Å². The predicted molar refractivity (Wildman–Crippen MR) is 63.5 cm³/mol. The molecule has 0 bridgehead atoms. The summed E-state index contributed by atoms with van der Waals surface area (Å²) in [5.74, 6) is 0.915. The lowest BCUT2D eigenvalue weighted by Gasteiger charge is -2.27. The minimum absolute atomic E-state index is 0.295. The van der Waals surface area contributed by atoms with Crippen molar-refractivity contribution in [1.82, 2.24) is 25.5 Å². The quantitative estimate of drug-likeness (QED) is 0.846. The Hall–Kier alpha value is -1.01. The number of hydrogen-bond acceptors (Lipinski definition) is 5. The van der Waals surface area contributed by atoms with Gasteiger partial charge in [0.05, 0.1) is 18.7 Å². The van der Waals surface area contributed by atoms with Gasteiger partial charge in [0.1, 0.15) is 0 Å². The minimum atomic E-state index is 0.295. The van der Waals surface area contributed by atoms with E-state index < -0.39 is 0 Å². The van der Waals surface area contributed by atoms with Crippen LogP contribution >= 0.6 is 0 Å². The molecule has 17 heavy (non-hydrogen) atoms. The summed E-state index contributed by atoms with van der Waals surface area (Å²) in [4.78, 5) is 0. The van der Waals surface area contributed by atoms with Gasteiger partial charge in [0.15, 0.2) is 5.82 Å². The molecule has 1 aliphatic rings. The molecule has 0 amide bonds. The van der Waals surface area contributed by atoms with Gasteiger partial charge >= 0.3 is 0 Å². The standard InChI is InChI=1S/C11H21N5O/c1-8(2)12-7-11-13-14-15-16(11)10-4-5-17-9(3)6-10/h8-10,12H,4-7H2,1-3H3. The van der Waals surface area contributed by atoms with Gasteiger partial charge in [-0.3, -0.25) is 0 Å². The smallest absolute Gasteiger partial charge is 0.165 e. The van der Waals surface area contributed by atoms with Crippen LogP contribution in [0.1, 0.15) is 45.5 Å². The molecule has 0 spiro atoms. The minimum Gasteiger partial charge on any atom is -0.378 e. The van der Waals surface area contributed by atoms with Crippen molar-refractivity contribution >= 4 is 0 Å². The van der Waals surface area contributed by atoms with E-state index in [9.17, 15) is 0 Å². The van der Waals surface area contributed by atoms with Crippen LogP contribution in [0.5, 0.6) is 0 Å². The summed E-state index contributed by atoms with van der Waals surface area (Å²) in [6, 6.07) is 0.812. The Morgan fingerprint density at radius 2 is 2.35 bits per heavy atom. The van der Waals surface area contributed by atoms with Gasteiger partial charge in [0.2, 0.25) is 0 Å². The monoisotopic (exact) mass is 239 g/mol. The van der Waals surface area contributed by atoms with Gasteiger partial charge in [0, 0.05) is 12.6 Å². The highest BCUT2D eigenvalue weighted by Gasteiger charge is 2.24. The van der Waals surface area contributed by atoms with Gasteiger partial charge in [-0.05, 0) is 30.2 Å². The van der Waals surface area contributed by atoms with Gasteiger partial charge < -0.3 is 10.1 Å². The Morgan fingerprint density at radius 3 is 3.06 bits per heavy atom. The average Bonchev–Trinajstić information content (AvgIpc) is 2.74. The number of ether oxygens (including phenoxy) is 1. The van der Waals surface area contributed by atoms with Crippen molar-refractivity contribution in [3.8, 4) is 0 Å². The van der Waals surface area contributed by atoms with Crippen LogP contribution in [0.25, 0.3) is 0 Å². The van der Waals surface area contributed by atoms with Crippen LogP contribution in [-0.2, 0) is 11.3 Å². The highest BCUT2D eigenvalue weighted by Crippen LogP contribution is 2.24. The van der Waals surface area contributed by atoms with E-state index in [1.807, 2.05) is 4.68 Å². The van der Waals surface area contributed by atoms with E-state index in [0.717, 1.165) is 31.8 Å². The van der Waals surface area contributed by atoms with Crippen molar-refractivity contribution in [2.45, 2.75) is 58.3 Å². The second kappa shape index (κ2) is 5.55. The predicted octanol–water partition coefficient (Wildman–Crippen LogP) is 0.911. The molecule has 6 heteroatoms. The molecular formula is C11H21N5O. The van der Waals surface area contributed by atoms with Crippen molar-refractivity contribution in [1.29, 1.82) is 0 Å². The number of nitrogens with one attached hydrogen (secondary N) is 1. The van der Waals surface area contributed by atoms with Crippen LogP contribution < -0.4 is 5.32 Å². The fourth-order valence-corrected chi connectivity index (χ4v) is 2.10. The van der Waals surface area contributed by atoms with E-state index >= 15 is 0 Å². The molecule has 2 rings (SSSR count). The number of tetrazole rings is 1. The topological polar surface area (TPSA) is 64.9 Å². The zero-order valence-corrected chi connectivity index (χ0v) is 10.8. The molecule has 0 aliphatic carbocycles. The lowest BCUT2D eigenvalue weighted by Crippen LogP contribution is -2.29. The van der Waals surface area contributed by atoms with Crippen molar-refractivity contribution in [2.24, 2.45) is 0 Å². The Balaban J connectivity index is 2.02. The van der Waals surface area contributed by atoms with Gasteiger partial charge in [-0.15, -0.1) is 5.10 Å². The van der Waals surface area contributed by atoms with E-state index in [4.69, 9.17) is 4.74 Å². The molecule has 1 fully saturated rings. The number of rotatable bonds is 4. The zero-order valence-electron chi connectivity index (χ0n) is 10.8. The summed E-state index contributed by atoms with van der Waals surface area (Å²) in [5, 5.41) is 15.3. The maximum atomic E-state index is 5.55. The van der Waals surface area contributed by atoms with Gasteiger partial charge in [-0.25, -0.2) is 4.68 Å². The van der Waals surface area contributed by atoms with Gasteiger partial charge in [-0.2, -0.15) is 0 Å². The van der Waals surface area contributed by atoms with Gasteiger partial charge in [0.25, 0.3) is 0 Å². The number of nitrogens with zero attached hydrogens (tertiary/aromatic N) is 4. The van der Waals surface area contributed by atoms with Crippen molar-refractivity contribution in [2.75, 3.05) is 6.61 Å². The van der Waals surface area contributed by atoms with Gasteiger partial charge in [-0.1, -0.05) is 13.8 Å². The number of hydrogen-bond donors (Lipinski definition) is 1. The first kappa shape index (κ1) is 12.4. The SMILES string of the molecule is CC(C)NCc1nnnn1C1CCOC(C)C1. The van der Waals surface area contributed by atoms with E-state index in [0.29, 0.717) is 18.2 Å². The molecule has 2 atom stereocenters. The van der Waals surface area contributed by atoms with Crippen LogP contribution in [0.2, 0.25) is 0 Å². The van der Waals surface area contributed by atoms with Crippen LogP contribution in [0.4, 0.5) is 0 Å². The first-order valence-corrected chi connectivity index (χ1v) is 6.28. The second-order valence-corrected chi connectivity index (χ2v) is 4.93. The second-order valence-electron chi connectivity index (χ2n) is 4.93. The largest absolute Gasteiger partial charge is 0.378 e. The normalized spacial score (nSPS) is 25.4. The molecule has 96 valence electrons. The molecule has 1 aromatic heterocycles. The summed E-state index contributed by atoms with van der Waals surface area (Å²) in [7, 11) is 0. The van der Waals surface area contributed by atoms with Crippen LogP contribution in [0.15, 0.2) is 0 Å². The zero-order chi connectivity index (χ0) is 12.3. The van der Waals surface area contributed by atoms with Crippen LogP contribution in [0, 0.1) is 0 Å². The van der Waals surface area contributed by atoms with E-state index in [1.165, 1.54) is 0 Å². The molecule has 1 aliphatic heterocycles. The molecule has 1 aromatic rings. The fraction of sp³-hybridized carbons (Fsp3) is 0.909. The third-order valence-corrected chi connectivity index (χ3v) is 3.03. The first-order valence-electron chi connectivity index (χ1n) is 6.28. The van der Waals surface area contributed by atoms with E-state index in [2.05, 4.69) is 41.6 Å². The lowest BCUT2D eigenvalue weighted by molar-refractivity contribution is 0.00247. The summed E-state index contributed by atoms with van der Waals surface area (Å²) >= 11 is 0. The third kappa shape index (κ3) is 3.23. The van der Waals surface area contributed by atoms with Crippen LogP contribution in [-0.4, -0.2) is 39.0 Å². The highest BCUT2D eigenvalue weighted by molar-refractivity contribution is 4.86. The summed E-state index contributed by atoms with van der Waals surface area (Å²) in [6.07, 6.45) is 2.27. The van der Waals surface area contributed by atoms with Crippen molar-refractivity contribution in [3.63, 3.8) is 0 Å². The molecule has 2 unspecified atom stereocenters. The Kier molecular flexibility index (Phi) is 4.06.